The number of carbonyl (C=O) groups excluding carboxylic acids is 1. The van der Waals surface area contributed by atoms with Crippen LogP contribution in [0.5, 0.6) is 0 Å². The number of hydrogen-bond donors (Lipinski definition) is 1. The Kier molecular flexibility index (Phi) is 8.00. The van der Waals surface area contributed by atoms with Gasteiger partial charge in [-0.2, -0.15) is 0 Å². The zero-order valence-corrected chi connectivity index (χ0v) is 13.5. The van der Waals surface area contributed by atoms with Crippen molar-refractivity contribution in [1.82, 2.24) is 4.90 Å². The first-order valence-electron chi connectivity index (χ1n) is 7.66. The Morgan fingerprint density at radius 2 is 1.95 bits per heavy atom. The lowest BCUT2D eigenvalue weighted by molar-refractivity contribution is -0.00338. The standard InChI is InChI=1S/C15H29NO5/c1-15(2,3)21-14(18)16-6-4-5-13(11-16)12-20-10-9-19-8-7-17/h13,17H,4-12H2,1-3H3. The predicted octanol–water partition coefficient (Wildman–Crippen LogP) is 1.66. The lowest BCUT2D eigenvalue weighted by Gasteiger charge is -2.34. The van der Waals surface area contributed by atoms with Crippen LogP contribution in [0, 0.1) is 5.92 Å². The maximum atomic E-state index is 12.0. The zero-order chi connectivity index (χ0) is 15.7. The molecule has 1 aliphatic rings. The Morgan fingerprint density at radius 1 is 1.24 bits per heavy atom. The summed E-state index contributed by atoms with van der Waals surface area (Å²) in [7, 11) is 0. The molecule has 1 saturated heterocycles. The Balaban J connectivity index is 2.21. The summed E-state index contributed by atoms with van der Waals surface area (Å²) in [4.78, 5) is 13.8. The highest BCUT2D eigenvalue weighted by Crippen LogP contribution is 2.19. The Hall–Kier alpha value is -0.850. The van der Waals surface area contributed by atoms with E-state index in [0.717, 1.165) is 19.4 Å². The third-order valence-corrected chi connectivity index (χ3v) is 3.13. The molecule has 0 aromatic heterocycles. The third kappa shape index (κ3) is 8.24. The first-order chi connectivity index (χ1) is 9.92. The van der Waals surface area contributed by atoms with E-state index in [2.05, 4.69) is 0 Å². The van der Waals surface area contributed by atoms with Crippen molar-refractivity contribution in [3.05, 3.63) is 0 Å². The van der Waals surface area contributed by atoms with Gasteiger partial charge in [0.15, 0.2) is 0 Å². The lowest BCUT2D eigenvalue weighted by Crippen LogP contribution is -2.43. The van der Waals surface area contributed by atoms with Gasteiger partial charge in [0.1, 0.15) is 5.60 Å². The summed E-state index contributed by atoms with van der Waals surface area (Å²) in [6.07, 6.45) is 1.81. The van der Waals surface area contributed by atoms with Crippen molar-refractivity contribution >= 4 is 6.09 Å². The topological polar surface area (TPSA) is 68.2 Å². The fourth-order valence-corrected chi connectivity index (χ4v) is 2.23. The molecule has 1 aliphatic heterocycles. The van der Waals surface area contributed by atoms with E-state index < -0.39 is 5.60 Å². The van der Waals surface area contributed by atoms with Gasteiger partial charge in [0, 0.05) is 19.0 Å². The van der Waals surface area contributed by atoms with E-state index in [4.69, 9.17) is 19.3 Å². The van der Waals surface area contributed by atoms with Crippen LogP contribution in [0.3, 0.4) is 0 Å². The van der Waals surface area contributed by atoms with Crippen LogP contribution in [-0.4, -0.2) is 67.8 Å². The SMILES string of the molecule is CC(C)(C)OC(=O)N1CCCC(COCCOCCO)C1. The second kappa shape index (κ2) is 9.23. The normalized spacial score (nSPS) is 19.6. The molecule has 0 spiro atoms. The summed E-state index contributed by atoms with van der Waals surface area (Å²) in [5, 5.41) is 8.57. The van der Waals surface area contributed by atoms with E-state index in [1.165, 1.54) is 0 Å². The van der Waals surface area contributed by atoms with Crippen molar-refractivity contribution in [2.24, 2.45) is 5.92 Å². The van der Waals surface area contributed by atoms with Crippen LogP contribution in [0.25, 0.3) is 0 Å². The summed E-state index contributed by atoms with van der Waals surface area (Å²) >= 11 is 0. The molecule has 0 bridgehead atoms. The highest BCUT2D eigenvalue weighted by Gasteiger charge is 2.27. The molecular formula is C15H29NO5. The van der Waals surface area contributed by atoms with Gasteiger partial charge in [0.25, 0.3) is 0 Å². The highest BCUT2D eigenvalue weighted by atomic mass is 16.6. The van der Waals surface area contributed by atoms with Gasteiger partial charge >= 0.3 is 6.09 Å². The van der Waals surface area contributed by atoms with Crippen molar-refractivity contribution in [3.63, 3.8) is 0 Å². The molecule has 0 saturated carbocycles. The second-order valence-electron chi connectivity index (χ2n) is 6.35. The maximum Gasteiger partial charge on any atom is 0.410 e. The number of piperidine rings is 1. The van der Waals surface area contributed by atoms with E-state index in [-0.39, 0.29) is 12.7 Å². The molecule has 1 unspecified atom stereocenters. The molecule has 0 aromatic rings. The van der Waals surface area contributed by atoms with Crippen LogP contribution in [-0.2, 0) is 14.2 Å². The largest absolute Gasteiger partial charge is 0.444 e. The second-order valence-corrected chi connectivity index (χ2v) is 6.35. The Bertz CT molecular complexity index is 303. The van der Waals surface area contributed by atoms with Crippen molar-refractivity contribution in [2.75, 3.05) is 46.1 Å². The predicted molar refractivity (Wildman–Crippen MR) is 79.3 cm³/mol. The number of carbonyl (C=O) groups is 1. The molecule has 1 heterocycles. The smallest absolute Gasteiger partial charge is 0.410 e. The number of rotatable bonds is 7. The van der Waals surface area contributed by atoms with E-state index in [9.17, 15) is 4.79 Å². The summed E-state index contributed by atoms with van der Waals surface area (Å²) < 4.78 is 16.1. The quantitative estimate of drug-likeness (QED) is 0.724. The monoisotopic (exact) mass is 303 g/mol. The minimum Gasteiger partial charge on any atom is -0.444 e. The van der Waals surface area contributed by atoms with Crippen LogP contribution in [0.2, 0.25) is 0 Å². The number of aliphatic hydroxyl groups is 1. The molecule has 0 radical (unpaired) electrons. The van der Waals surface area contributed by atoms with Gasteiger partial charge in [0.2, 0.25) is 0 Å². The van der Waals surface area contributed by atoms with Crippen molar-refractivity contribution in [3.8, 4) is 0 Å². The molecule has 1 rings (SSSR count). The number of nitrogens with zero attached hydrogens (tertiary/aromatic N) is 1. The molecule has 0 aliphatic carbocycles. The fraction of sp³-hybridized carbons (Fsp3) is 0.933. The van der Waals surface area contributed by atoms with Crippen molar-refractivity contribution in [2.45, 2.75) is 39.2 Å². The number of likely N-dealkylation sites (tertiary alicyclic amines) is 1. The molecule has 1 fully saturated rings. The zero-order valence-electron chi connectivity index (χ0n) is 13.5. The van der Waals surface area contributed by atoms with E-state index >= 15 is 0 Å². The van der Waals surface area contributed by atoms with Crippen molar-refractivity contribution in [1.29, 1.82) is 0 Å². The third-order valence-electron chi connectivity index (χ3n) is 3.13. The van der Waals surface area contributed by atoms with Gasteiger partial charge < -0.3 is 24.2 Å². The first kappa shape index (κ1) is 18.2. The van der Waals surface area contributed by atoms with Gasteiger partial charge in [-0.25, -0.2) is 4.79 Å². The molecule has 1 amide bonds. The summed E-state index contributed by atoms with van der Waals surface area (Å²) in [6, 6.07) is 0. The van der Waals surface area contributed by atoms with Crippen LogP contribution in [0.4, 0.5) is 4.79 Å². The van der Waals surface area contributed by atoms with E-state index in [1.807, 2.05) is 20.8 Å². The molecular weight excluding hydrogens is 274 g/mol. The van der Waals surface area contributed by atoms with E-state index in [0.29, 0.717) is 38.9 Å². The lowest BCUT2D eigenvalue weighted by atomic mass is 9.99. The highest BCUT2D eigenvalue weighted by molar-refractivity contribution is 5.68. The Labute approximate surface area is 127 Å². The molecule has 0 aromatic carbocycles. The first-order valence-corrected chi connectivity index (χ1v) is 7.66. The maximum absolute atomic E-state index is 12.0. The number of amides is 1. The average molecular weight is 303 g/mol. The summed E-state index contributed by atoms with van der Waals surface area (Å²) in [5.41, 5.74) is -0.454. The van der Waals surface area contributed by atoms with Crippen molar-refractivity contribution < 1.29 is 24.1 Å². The Morgan fingerprint density at radius 3 is 2.62 bits per heavy atom. The van der Waals surface area contributed by atoms with Gasteiger partial charge in [-0.05, 0) is 33.6 Å². The van der Waals surface area contributed by atoms with Crippen LogP contribution >= 0.6 is 0 Å². The molecule has 124 valence electrons. The number of ether oxygens (including phenoxy) is 3. The fourth-order valence-electron chi connectivity index (χ4n) is 2.23. The molecule has 6 heteroatoms. The van der Waals surface area contributed by atoms with E-state index in [1.54, 1.807) is 4.90 Å². The van der Waals surface area contributed by atoms with Gasteiger partial charge in [-0.1, -0.05) is 0 Å². The summed E-state index contributed by atoms with van der Waals surface area (Å²) in [6.45, 7) is 9.09. The average Bonchev–Trinajstić information content (AvgIpc) is 2.41. The molecule has 21 heavy (non-hydrogen) atoms. The number of hydrogen-bond acceptors (Lipinski definition) is 5. The van der Waals surface area contributed by atoms with Crippen LogP contribution < -0.4 is 0 Å². The molecule has 6 nitrogen and oxygen atoms in total. The minimum absolute atomic E-state index is 0.0352. The summed E-state index contributed by atoms with van der Waals surface area (Å²) in [5.74, 6) is 0.351. The minimum atomic E-state index is -0.454. The number of aliphatic hydroxyl groups excluding tert-OH is 1. The molecule has 1 atom stereocenters. The molecule has 1 N–H and O–H groups in total. The van der Waals surface area contributed by atoms with Gasteiger partial charge in [-0.3, -0.25) is 0 Å². The van der Waals surface area contributed by atoms with Crippen LogP contribution in [0.15, 0.2) is 0 Å². The van der Waals surface area contributed by atoms with Crippen LogP contribution in [0.1, 0.15) is 33.6 Å². The van der Waals surface area contributed by atoms with Gasteiger partial charge in [0.05, 0.1) is 33.0 Å². The van der Waals surface area contributed by atoms with Gasteiger partial charge in [-0.15, -0.1) is 0 Å².